The number of halogens is 1. The molecule has 1 atom stereocenters. The van der Waals surface area contributed by atoms with Crippen LogP contribution >= 0.6 is 0 Å². The molecule has 218 valence electrons. The number of methoxy groups -OCH3 is 1. The van der Waals surface area contributed by atoms with Crippen molar-refractivity contribution < 1.29 is 32.2 Å². The molecule has 1 aliphatic rings. The van der Waals surface area contributed by atoms with Crippen molar-refractivity contribution in [1.82, 2.24) is 20.3 Å². The van der Waals surface area contributed by atoms with Crippen LogP contribution in [0, 0.1) is 11.2 Å². The summed E-state index contributed by atoms with van der Waals surface area (Å²) in [6, 6.07) is 12.0. The van der Waals surface area contributed by atoms with Crippen LogP contribution in [0.1, 0.15) is 47.7 Å². The summed E-state index contributed by atoms with van der Waals surface area (Å²) >= 11 is 0. The first-order valence-electron chi connectivity index (χ1n) is 13.6. The molecule has 1 aliphatic heterocycles. The quantitative estimate of drug-likeness (QED) is 0.200. The number of fused-ring (bicyclic) bond motifs is 1. The van der Waals surface area contributed by atoms with Crippen LogP contribution in [-0.2, 0) is 9.47 Å². The second-order valence-electron chi connectivity index (χ2n) is 10.5. The fraction of sp³-hybridized carbons (Fsp3) is 0.433. The SMILES string of the molecule is CCCOCC[C@]1(C)CCN(C(=O)c2ccc(-c3cc(-c4n[nH]c5cc(OCCOC)c(F)cc45)on3)cc2)C1.[HH].[HH].[HH]. The zero-order chi connectivity index (χ0) is 28.1. The lowest BCUT2D eigenvalue weighted by atomic mass is 9.86. The minimum Gasteiger partial charge on any atom is -0.488 e. The molecule has 9 nitrogen and oxygen atoms in total. The Morgan fingerprint density at radius 3 is 2.77 bits per heavy atom. The Labute approximate surface area is 237 Å². The van der Waals surface area contributed by atoms with Gasteiger partial charge in [0.2, 0.25) is 0 Å². The molecule has 0 aliphatic carbocycles. The van der Waals surface area contributed by atoms with Gasteiger partial charge in [0, 0.05) is 66.3 Å². The molecule has 2 aromatic heterocycles. The number of aromatic nitrogens is 3. The summed E-state index contributed by atoms with van der Waals surface area (Å²) in [6.07, 6.45) is 2.94. The standard InChI is InChI=1S/C30H35FN4O5.3H2/c1-4-12-38-13-10-30(2)9-11-35(19-30)29(36)21-7-5-20(6-8-21)24-17-27(40-34-24)28-22-16-23(31)26(39-15-14-37-3)18-25(22)32-33-28;;;/h5-8,16-18H,4,9-15,19H2,1-3H3,(H,32,33);3*1H/t30-;;;/m0.../s1. The van der Waals surface area contributed by atoms with Crippen molar-refractivity contribution in [2.24, 2.45) is 5.41 Å². The highest BCUT2D eigenvalue weighted by molar-refractivity contribution is 5.95. The van der Waals surface area contributed by atoms with Crippen LogP contribution < -0.4 is 4.74 Å². The number of benzene rings is 2. The monoisotopic (exact) mass is 556 g/mol. The van der Waals surface area contributed by atoms with Gasteiger partial charge in [-0.25, -0.2) is 4.39 Å². The fourth-order valence-corrected chi connectivity index (χ4v) is 5.01. The predicted octanol–water partition coefficient (Wildman–Crippen LogP) is 6.46. The number of carbonyl (C=O) groups is 1. The van der Waals surface area contributed by atoms with Crippen molar-refractivity contribution in [1.29, 1.82) is 0 Å². The van der Waals surface area contributed by atoms with E-state index in [0.717, 1.165) is 51.1 Å². The second-order valence-corrected chi connectivity index (χ2v) is 10.5. The summed E-state index contributed by atoms with van der Waals surface area (Å²) in [7, 11) is 1.56. The van der Waals surface area contributed by atoms with Gasteiger partial charge in [-0.2, -0.15) is 5.10 Å². The molecule has 0 radical (unpaired) electrons. The number of hydrogen-bond donors (Lipinski definition) is 1. The third kappa shape index (κ3) is 6.03. The normalized spacial score (nSPS) is 17.1. The van der Waals surface area contributed by atoms with E-state index in [2.05, 4.69) is 29.2 Å². The highest BCUT2D eigenvalue weighted by Crippen LogP contribution is 2.35. The maximum absolute atomic E-state index is 14.6. The highest BCUT2D eigenvalue weighted by atomic mass is 19.1. The number of amides is 1. The van der Waals surface area contributed by atoms with E-state index in [1.807, 2.05) is 29.2 Å². The topological polar surface area (TPSA) is 103 Å². The number of ether oxygens (including phenoxy) is 3. The van der Waals surface area contributed by atoms with Gasteiger partial charge in [-0.3, -0.25) is 9.89 Å². The molecule has 0 spiro atoms. The Hall–Kier alpha value is -3.76. The summed E-state index contributed by atoms with van der Waals surface area (Å²) in [5.41, 5.74) is 3.16. The van der Waals surface area contributed by atoms with E-state index in [9.17, 15) is 9.18 Å². The number of aromatic amines is 1. The molecule has 2 aromatic carbocycles. The number of nitrogens with zero attached hydrogens (tertiary/aromatic N) is 3. The van der Waals surface area contributed by atoms with Crippen LogP contribution in [0.15, 0.2) is 47.0 Å². The lowest BCUT2D eigenvalue weighted by Crippen LogP contribution is -2.31. The number of nitrogens with one attached hydrogen (secondary N) is 1. The minimum absolute atomic E-state index is 0. The van der Waals surface area contributed by atoms with Crippen LogP contribution in [0.3, 0.4) is 0 Å². The Kier molecular flexibility index (Phi) is 8.46. The molecule has 3 heterocycles. The van der Waals surface area contributed by atoms with Gasteiger partial charge in [0.05, 0.1) is 12.1 Å². The Balaban J connectivity index is 0.00000215. The molecule has 1 saturated heterocycles. The molecule has 0 unspecified atom stereocenters. The number of rotatable bonds is 12. The van der Waals surface area contributed by atoms with Crippen molar-refractivity contribution in [2.45, 2.75) is 33.1 Å². The lowest BCUT2D eigenvalue weighted by Gasteiger charge is -2.24. The smallest absolute Gasteiger partial charge is 0.253 e. The third-order valence-electron chi connectivity index (χ3n) is 7.37. The van der Waals surface area contributed by atoms with Crippen LogP contribution in [0.4, 0.5) is 4.39 Å². The minimum atomic E-state index is -0.505. The average molecular weight is 557 g/mol. The van der Waals surface area contributed by atoms with Crippen LogP contribution in [0.25, 0.3) is 33.6 Å². The Bertz CT molecular complexity index is 1470. The van der Waals surface area contributed by atoms with Crippen molar-refractivity contribution in [3.63, 3.8) is 0 Å². The molecule has 0 saturated carbocycles. The van der Waals surface area contributed by atoms with E-state index >= 15 is 0 Å². The van der Waals surface area contributed by atoms with E-state index in [4.69, 9.17) is 18.7 Å². The van der Waals surface area contributed by atoms with Crippen molar-refractivity contribution in [3.8, 4) is 28.5 Å². The summed E-state index contributed by atoms with van der Waals surface area (Å²) in [5.74, 6) is 0.0379. The van der Waals surface area contributed by atoms with E-state index in [1.165, 1.54) is 6.07 Å². The highest BCUT2D eigenvalue weighted by Gasteiger charge is 2.36. The number of H-pyrrole nitrogens is 1. The molecule has 10 heteroatoms. The molecule has 1 amide bonds. The van der Waals surface area contributed by atoms with Crippen LogP contribution in [0.5, 0.6) is 5.75 Å². The maximum Gasteiger partial charge on any atom is 0.253 e. The van der Waals surface area contributed by atoms with E-state index < -0.39 is 5.82 Å². The summed E-state index contributed by atoms with van der Waals surface area (Å²) in [5, 5.41) is 11.9. The number of likely N-dealkylation sites (tertiary alicyclic amines) is 1. The van der Waals surface area contributed by atoms with Crippen molar-refractivity contribution >= 4 is 16.8 Å². The van der Waals surface area contributed by atoms with E-state index in [1.54, 1.807) is 19.2 Å². The molecule has 1 N–H and O–H groups in total. The van der Waals surface area contributed by atoms with E-state index in [-0.39, 0.29) is 28.0 Å². The largest absolute Gasteiger partial charge is 0.488 e. The van der Waals surface area contributed by atoms with Gasteiger partial charge in [-0.15, -0.1) is 0 Å². The summed E-state index contributed by atoms with van der Waals surface area (Å²) in [4.78, 5) is 15.1. The zero-order valence-electron chi connectivity index (χ0n) is 23.2. The Morgan fingerprint density at radius 2 is 2.00 bits per heavy atom. The van der Waals surface area contributed by atoms with Crippen LogP contribution in [0.2, 0.25) is 0 Å². The van der Waals surface area contributed by atoms with Crippen molar-refractivity contribution in [2.75, 3.05) is 46.6 Å². The third-order valence-corrected chi connectivity index (χ3v) is 7.37. The first-order chi connectivity index (χ1) is 19.4. The summed E-state index contributed by atoms with van der Waals surface area (Å²) in [6.45, 7) is 7.91. The zero-order valence-corrected chi connectivity index (χ0v) is 23.2. The number of carbonyl (C=O) groups excluding carboxylic acids is 1. The Morgan fingerprint density at radius 1 is 1.18 bits per heavy atom. The molecule has 4 aromatic rings. The predicted molar refractivity (Wildman–Crippen MR) is 155 cm³/mol. The molecular formula is C30H41FN4O5. The van der Waals surface area contributed by atoms with Gasteiger partial charge in [-0.05, 0) is 42.9 Å². The summed E-state index contributed by atoms with van der Waals surface area (Å²) < 4.78 is 36.3. The van der Waals surface area contributed by atoms with Crippen LogP contribution in [-0.4, -0.2) is 72.8 Å². The van der Waals surface area contributed by atoms with E-state index in [0.29, 0.717) is 40.2 Å². The first-order valence-corrected chi connectivity index (χ1v) is 13.6. The van der Waals surface area contributed by atoms with Gasteiger partial charge in [-0.1, -0.05) is 31.1 Å². The fourth-order valence-electron chi connectivity index (χ4n) is 5.01. The van der Waals surface area contributed by atoms with Gasteiger partial charge in [0.25, 0.3) is 5.91 Å². The van der Waals surface area contributed by atoms with Gasteiger partial charge < -0.3 is 23.6 Å². The molecule has 5 rings (SSSR count). The van der Waals surface area contributed by atoms with Gasteiger partial charge >= 0.3 is 0 Å². The lowest BCUT2D eigenvalue weighted by molar-refractivity contribution is 0.0744. The molecular weight excluding hydrogens is 515 g/mol. The molecule has 0 bridgehead atoms. The number of hydrogen-bond acceptors (Lipinski definition) is 7. The molecule has 1 fully saturated rings. The molecule has 40 heavy (non-hydrogen) atoms. The van der Waals surface area contributed by atoms with Crippen molar-refractivity contribution in [3.05, 3.63) is 53.8 Å². The first kappa shape index (κ1) is 27.8. The second kappa shape index (κ2) is 12.2. The maximum atomic E-state index is 14.6. The van der Waals surface area contributed by atoms with Gasteiger partial charge in [0.1, 0.15) is 18.0 Å². The van der Waals surface area contributed by atoms with Gasteiger partial charge in [0.15, 0.2) is 17.3 Å². The average Bonchev–Trinajstić information content (AvgIpc) is 3.70.